The molecular weight excluding hydrogens is 232 g/mol. The zero-order valence-electron chi connectivity index (χ0n) is 9.72. The summed E-state index contributed by atoms with van der Waals surface area (Å²) >= 11 is 0. The van der Waals surface area contributed by atoms with Crippen LogP contribution in [-0.4, -0.2) is 16.5 Å². The number of benzene rings is 1. The average molecular weight is 246 g/mol. The zero-order chi connectivity index (χ0) is 13.1. The number of carbonyl (C=O) groups excluding carboxylic acids is 2. The van der Waals surface area contributed by atoms with E-state index in [0.717, 1.165) is 16.5 Å². The Labute approximate surface area is 104 Å². The molecule has 0 saturated heterocycles. The summed E-state index contributed by atoms with van der Waals surface area (Å²) in [6.45, 7) is 0.481. The molecule has 0 fully saturated rings. The molecule has 2 aromatic rings. The fourth-order valence-electron chi connectivity index (χ4n) is 1.83. The third-order valence-electron chi connectivity index (χ3n) is 2.65. The molecule has 6 nitrogen and oxygen atoms in total. The number of nitrogens with zero attached hydrogens (tertiary/aromatic N) is 1. The lowest BCUT2D eigenvalue weighted by atomic mass is 10.1. The molecule has 1 aromatic heterocycles. The number of hydrogen-bond donors (Lipinski definition) is 3. The Hall–Kier alpha value is -2.34. The summed E-state index contributed by atoms with van der Waals surface area (Å²) in [5.74, 6) is -0.446. The summed E-state index contributed by atoms with van der Waals surface area (Å²) in [4.78, 5) is 22.0. The molecule has 0 saturated carbocycles. The van der Waals surface area contributed by atoms with E-state index in [0.29, 0.717) is 6.54 Å². The fraction of sp³-hybridized carbons (Fsp3) is 0.167. The molecule has 94 valence electrons. The minimum atomic E-state index is -0.848. The first-order valence-electron chi connectivity index (χ1n) is 5.47. The van der Waals surface area contributed by atoms with E-state index >= 15 is 0 Å². The lowest BCUT2D eigenvalue weighted by Crippen LogP contribution is -2.37. The molecule has 0 radical (unpaired) electrons. The largest absolute Gasteiger partial charge is 0.351 e. The Balaban J connectivity index is 2.28. The van der Waals surface area contributed by atoms with Crippen LogP contribution in [0.4, 0.5) is 4.79 Å². The molecule has 0 bridgehead atoms. The molecule has 2 rings (SSSR count). The smallest absolute Gasteiger partial charge is 0.318 e. The average Bonchev–Trinajstić information content (AvgIpc) is 2.70. The first kappa shape index (κ1) is 12.1. The summed E-state index contributed by atoms with van der Waals surface area (Å²) in [6, 6.07) is 6.86. The van der Waals surface area contributed by atoms with Crippen molar-refractivity contribution >= 4 is 22.8 Å². The molecule has 18 heavy (non-hydrogen) atoms. The second-order valence-corrected chi connectivity index (χ2v) is 3.95. The summed E-state index contributed by atoms with van der Waals surface area (Å²) in [5, 5.41) is 3.04. The van der Waals surface area contributed by atoms with Gasteiger partial charge in [-0.2, -0.15) is 0 Å². The predicted octanol–water partition coefficient (Wildman–Crippen LogP) is 0.295. The molecule has 0 aliphatic rings. The highest BCUT2D eigenvalue weighted by Gasteiger charge is 2.08. The van der Waals surface area contributed by atoms with Crippen molar-refractivity contribution in [3.05, 3.63) is 36.0 Å². The maximum atomic E-state index is 11.5. The molecule has 1 aromatic carbocycles. The second-order valence-electron chi connectivity index (χ2n) is 3.95. The topological polar surface area (TPSA) is 103 Å². The van der Waals surface area contributed by atoms with Crippen LogP contribution in [0.3, 0.4) is 0 Å². The van der Waals surface area contributed by atoms with Gasteiger partial charge in [0.2, 0.25) is 5.91 Å². The van der Waals surface area contributed by atoms with Crippen molar-refractivity contribution in [2.24, 2.45) is 11.5 Å². The van der Waals surface area contributed by atoms with Gasteiger partial charge < -0.3 is 16.0 Å². The van der Waals surface area contributed by atoms with Crippen LogP contribution in [0.1, 0.15) is 5.56 Å². The van der Waals surface area contributed by atoms with E-state index in [1.165, 1.54) is 0 Å². The molecule has 0 spiro atoms. The third kappa shape index (κ3) is 2.49. The van der Waals surface area contributed by atoms with Gasteiger partial charge in [0.15, 0.2) is 0 Å². The number of aromatic nitrogens is 1. The first-order valence-corrected chi connectivity index (χ1v) is 5.47. The zero-order valence-corrected chi connectivity index (χ0v) is 9.72. The van der Waals surface area contributed by atoms with Crippen molar-refractivity contribution in [1.29, 1.82) is 0 Å². The van der Waals surface area contributed by atoms with E-state index in [1.807, 2.05) is 29.6 Å². The normalized spacial score (nSPS) is 10.5. The maximum Gasteiger partial charge on any atom is 0.318 e. The lowest BCUT2D eigenvalue weighted by Gasteiger charge is -2.05. The van der Waals surface area contributed by atoms with Gasteiger partial charge >= 0.3 is 6.03 Å². The lowest BCUT2D eigenvalue weighted by molar-refractivity contribution is -0.120. The van der Waals surface area contributed by atoms with Crippen molar-refractivity contribution in [3.63, 3.8) is 0 Å². The summed E-state index contributed by atoms with van der Waals surface area (Å²) in [7, 11) is 0. The fourth-order valence-corrected chi connectivity index (χ4v) is 1.83. The molecule has 0 atom stereocenters. The third-order valence-corrected chi connectivity index (χ3v) is 2.65. The van der Waals surface area contributed by atoms with Crippen molar-refractivity contribution in [3.8, 4) is 0 Å². The van der Waals surface area contributed by atoms with Gasteiger partial charge in [0, 0.05) is 18.3 Å². The minimum Gasteiger partial charge on any atom is -0.351 e. The van der Waals surface area contributed by atoms with Crippen LogP contribution in [0.25, 0.3) is 10.9 Å². The predicted molar refractivity (Wildman–Crippen MR) is 67.6 cm³/mol. The molecule has 0 aliphatic carbocycles. The van der Waals surface area contributed by atoms with Gasteiger partial charge in [-0.3, -0.25) is 10.1 Å². The summed E-state index contributed by atoms with van der Waals surface area (Å²) in [5.41, 5.74) is 12.3. The van der Waals surface area contributed by atoms with Crippen LogP contribution in [0.15, 0.2) is 30.5 Å². The number of hydrogen-bond acceptors (Lipinski definition) is 3. The maximum absolute atomic E-state index is 11.5. The van der Waals surface area contributed by atoms with E-state index < -0.39 is 11.9 Å². The number of primary amides is 1. The van der Waals surface area contributed by atoms with Gasteiger partial charge in [-0.1, -0.05) is 12.1 Å². The Kier molecular flexibility index (Phi) is 3.29. The van der Waals surface area contributed by atoms with Crippen molar-refractivity contribution in [1.82, 2.24) is 9.88 Å². The number of imide groups is 1. The molecule has 0 unspecified atom stereocenters. The molecular formula is C12H14N4O2. The highest BCUT2D eigenvalue weighted by molar-refractivity contribution is 5.94. The van der Waals surface area contributed by atoms with Crippen molar-refractivity contribution < 1.29 is 9.59 Å². The van der Waals surface area contributed by atoms with Crippen LogP contribution in [0.5, 0.6) is 0 Å². The first-order chi connectivity index (χ1) is 8.60. The number of fused-ring (bicyclic) bond motifs is 1. The second kappa shape index (κ2) is 4.89. The van der Waals surface area contributed by atoms with E-state index in [2.05, 4.69) is 0 Å². The van der Waals surface area contributed by atoms with Crippen LogP contribution in [-0.2, 0) is 17.9 Å². The Bertz CT molecular complexity index is 603. The monoisotopic (exact) mass is 246 g/mol. The highest BCUT2D eigenvalue weighted by Crippen LogP contribution is 2.17. The molecule has 0 aliphatic heterocycles. The standard InChI is InChI=1S/C12H14N4O2/c13-6-8-1-2-9-3-4-16(10(9)5-8)7-11(17)15-12(14)18/h1-5H,6-7,13H2,(H3,14,15,17,18). The number of nitrogens with one attached hydrogen (secondary N) is 1. The van der Waals surface area contributed by atoms with E-state index in [9.17, 15) is 9.59 Å². The van der Waals surface area contributed by atoms with E-state index in [4.69, 9.17) is 11.5 Å². The van der Waals surface area contributed by atoms with Gasteiger partial charge in [-0.25, -0.2) is 4.79 Å². The highest BCUT2D eigenvalue weighted by atomic mass is 16.2. The number of nitrogens with two attached hydrogens (primary N) is 2. The van der Waals surface area contributed by atoms with Gasteiger partial charge in [-0.05, 0) is 23.1 Å². The van der Waals surface area contributed by atoms with Crippen LogP contribution >= 0.6 is 0 Å². The molecule has 1 heterocycles. The summed E-state index contributed by atoms with van der Waals surface area (Å²) < 4.78 is 1.74. The van der Waals surface area contributed by atoms with Crippen molar-refractivity contribution in [2.75, 3.05) is 0 Å². The van der Waals surface area contributed by atoms with Crippen LogP contribution < -0.4 is 16.8 Å². The van der Waals surface area contributed by atoms with Crippen molar-refractivity contribution in [2.45, 2.75) is 13.1 Å². The van der Waals surface area contributed by atoms with Gasteiger partial charge in [-0.15, -0.1) is 0 Å². The SMILES string of the molecule is NCc1ccc2ccn(CC(=O)NC(N)=O)c2c1. The van der Waals surface area contributed by atoms with Gasteiger partial charge in [0.25, 0.3) is 0 Å². The number of urea groups is 1. The number of carbonyl (C=O) groups is 2. The summed E-state index contributed by atoms with van der Waals surface area (Å²) in [6.07, 6.45) is 1.78. The number of rotatable bonds is 3. The Morgan fingerprint density at radius 1 is 1.28 bits per heavy atom. The molecule has 6 heteroatoms. The molecule has 5 N–H and O–H groups in total. The Morgan fingerprint density at radius 2 is 2.06 bits per heavy atom. The molecule has 3 amide bonds. The van der Waals surface area contributed by atoms with Gasteiger partial charge in [0.05, 0.1) is 0 Å². The minimum absolute atomic E-state index is 0.0421. The van der Waals surface area contributed by atoms with E-state index in [-0.39, 0.29) is 6.54 Å². The quantitative estimate of drug-likeness (QED) is 0.725. The van der Waals surface area contributed by atoms with Crippen LogP contribution in [0, 0.1) is 0 Å². The Morgan fingerprint density at radius 3 is 2.72 bits per heavy atom. The van der Waals surface area contributed by atoms with Crippen LogP contribution in [0.2, 0.25) is 0 Å². The van der Waals surface area contributed by atoms with Gasteiger partial charge in [0.1, 0.15) is 6.54 Å². The number of amides is 3. The van der Waals surface area contributed by atoms with E-state index in [1.54, 1.807) is 10.8 Å².